The maximum atomic E-state index is 11.6. The zero-order valence-electron chi connectivity index (χ0n) is 11.2. The molecule has 0 spiro atoms. The molecule has 8 heteroatoms. The molecule has 0 radical (unpaired) electrons. The average Bonchev–Trinajstić information content (AvgIpc) is 2.81. The molecule has 0 amide bonds. The lowest BCUT2D eigenvalue weighted by atomic mass is 10.3. The Kier molecular flexibility index (Phi) is 4.14. The van der Waals surface area contributed by atoms with Gasteiger partial charge in [0, 0.05) is 17.8 Å². The van der Waals surface area contributed by atoms with E-state index >= 15 is 0 Å². The molecule has 0 unspecified atom stereocenters. The number of anilines is 1. The molecule has 2 aromatic rings. The van der Waals surface area contributed by atoms with Gasteiger partial charge in [-0.1, -0.05) is 0 Å². The summed E-state index contributed by atoms with van der Waals surface area (Å²) in [5.74, 6) is 0.340. The van der Waals surface area contributed by atoms with E-state index in [0.29, 0.717) is 11.4 Å². The highest BCUT2D eigenvalue weighted by molar-refractivity contribution is 5.69. The molecule has 0 saturated heterocycles. The highest BCUT2D eigenvalue weighted by atomic mass is 16.5. The number of nitrogen functional groups attached to an aromatic ring is 1. The second-order valence-electron chi connectivity index (χ2n) is 4.10. The summed E-state index contributed by atoms with van der Waals surface area (Å²) in [6, 6.07) is 3.51. The maximum absolute atomic E-state index is 11.6. The van der Waals surface area contributed by atoms with Crippen LogP contribution in [0.1, 0.15) is 11.4 Å². The Hall–Kier alpha value is -2.64. The summed E-state index contributed by atoms with van der Waals surface area (Å²) in [5.41, 5.74) is 6.76. The fourth-order valence-corrected chi connectivity index (χ4v) is 1.61. The molecular weight excluding hydrogens is 262 g/mol. The van der Waals surface area contributed by atoms with Gasteiger partial charge in [0.05, 0.1) is 12.8 Å². The number of nitrogens with two attached hydrogens (primary N) is 1. The Morgan fingerprint density at radius 1 is 1.45 bits per heavy atom. The first kappa shape index (κ1) is 13.8. The fraction of sp³-hybridized carbons (Fsp3) is 0.333. The number of methoxy groups -OCH3 is 1. The Morgan fingerprint density at radius 3 is 2.90 bits per heavy atom. The zero-order valence-corrected chi connectivity index (χ0v) is 11.2. The summed E-state index contributed by atoms with van der Waals surface area (Å²) < 4.78 is 11.5. The third kappa shape index (κ3) is 3.67. The third-order valence-electron chi connectivity index (χ3n) is 2.44. The van der Waals surface area contributed by atoms with Gasteiger partial charge in [0.1, 0.15) is 25.2 Å². The minimum absolute atomic E-state index is 0.0485. The van der Waals surface area contributed by atoms with Gasteiger partial charge in [0.2, 0.25) is 5.95 Å². The molecule has 0 atom stereocenters. The first-order valence-corrected chi connectivity index (χ1v) is 5.89. The van der Waals surface area contributed by atoms with Crippen molar-refractivity contribution in [2.75, 3.05) is 12.8 Å². The van der Waals surface area contributed by atoms with Crippen molar-refractivity contribution in [1.29, 1.82) is 0 Å². The van der Waals surface area contributed by atoms with Crippen LogP contribution in [0.15, 0.2) is 18.5 Å². The molecule has 2 aromatic heterocycles. The number of aryl methyl sites for hydroxylation is 1. The van der Waals surface area contributed by atoms with Gasteiger partial charge in [-0.05, 0) is 6.92 Å². The third-order valence-corrected chi connectivity index (χ3v) is 2.44. The van der Waals surface area contributed by atoms with Crippen LogP contribution >= 0.6 is 0 Å². The van der Waals surface area contributed by atoms with Crippen LogP contribution in [0, 0.1) is 6.92 Å². The molecule has 20 heavy (non-hydrogen) atoms. The fourth-order valence-electron chi connectivity index (χ4n) is 1.61. The smallest absolute Gasteiger partial charge is 0.328 e. The molecular formula is C12H15N5O3. The Labute approximate surface area is 115 Å². The lowest BCUT2D eigenvalue weighted by Gasteiger charge is -2.07. The molecule has 2 rings (SSSR count). The van der Waals surface area contributed by atoms with Crippen molar-refractivity contribution >= 4 is 11.9 Å². The number of pyridine rings is 1. The summed E-state index contributed by atoms with van der Waals surface area (Å²) in [7, 11) is 1.57. The van der Waals surface area contributed by atoms with Crippen LogP contribution in [0.5, 0.6) is 5.75 Å². The van der Waals surface area contributed by atoms with E-state index in [1.54, 1.807) is 19.2 Å². The summed E-state index contributed by atoms with van der Waals surface area (Å²) >= 11 is 0. The van der Waals surface area contributed by atoms with Crippen LogP contribution < -0.4 is 10.5 Å². The second-order valence-corrected chi connectivity index (χ2v) is 4.10. The predicted octanol–water partition coefficient (Wildman–Crippen LogP) is 0.316. The number of esters is 1. The van der Waals surface area contributed by atoms with Crippen molar-refractivity contribution in [3.05, 3.63) is 29.8 Å². The van der Waals surface area contributed by atoms with Crippen molar-refractivity contribution in [2.45, 2.75) is 20.1 Å². The highest BCUT2D eigenvalue weighted by Gasteiger charge is 2.08. The molecule has 0 aliphatic rings. The Bertz CT molecular complexity index is 611. The van der Waals surface area contributed by atoms with E-state index in [9.17, 15) is 4.79 Å². The van der Waals surface area contributed by atoms with Gasteiger partial charge in [-0.15, -0.1) is 5.10 Å². The number of rotatable bonds is 5. The van der Waals surface area contributed by atoms with E-state index in [0.717, 1.165) is 5.69 Å². The van der Waals surface area contributed by atoms with E-state index in [-0.39, 0.29) is 19.1 Å². The van der Waals surface area contributed by atoms with Crippen LogP contribution in [0.4, 0.5) is 5.95 Å². The monoisotopic (exact) mass is 277 g/mol. The molecule has 0 saturated carbocycles. The van der Waals surface area contributed by atoms with Gasteiger partial charge in [-0.3, -0.25) is 9.78 Å². The molecule has 2 N–H and O–H groups in total. The quantitative estimate of drug-likeness (QED) is 0.784. The average molecular weight is 277 g/mol. The van der Waals surface area contributed by atoms with Gasteiger partial charge in [-0.2, -0.15) is 0 Å². The first-order chi connectivity index (χ1) is 9.56. The highest BCUT2D eigenvalue weighted by Crippen LogP contribution is 2.13. The van der Waals surface area contributed by atoms with E-state index in [4.69, 9.17) is 15.2 Å². The number of nitrogens with zero attached hydrogens (tertiary/aromatic N) is 4. The van der Waals surface area contributed by atoms with Gasteiger partial charge in [-0.25, -0.2) is 9.67 Å². The predicted molar refractivity (Wildman–Crippen MR) is 69.8 cm³/mol. The molecule has 0 bridgehead atoms. The van der Waals surface area contributed by atoms with Crippen molar-refractivity contribution in [3.8, 4) is 5.75 Å². The standard InChI is InChI=1S/C12H15N5O3/c1-8-3-10(19-2)4-9(15-8)6-20-11(18)5-17-7-14-12(13)16-17/h3-4,7H,5-6H2,1-2H3,(H2,13,16). The van der Waals surface area contributed by atoms with Gasteiger partial charge in [0.15, 0.2) is 0 Å². The van der Waals surface area contributed by atoms with Gasteiger partial charge < -0.3 is 15.2 Å². The molecule has 0 aliphatic carbocycles. The van der Waals surface area contributed by atoms with Crippen molar-refractivity contribution in [3.63, 3.8) is 0 Å². The summed E-state index contributed by atoms with van der Waals surface area (Å²) in [6.07, 6.45) is 1.37. The molecule has 0 aromatic carbocycles. The van der Waals surface area contributed by atoms with Crippen LogP contribution in [-0.4, -0.2) is 32.8 Å². The van der Waals surface area contributed by atoms with Crippen LogP contribution in [0.3, 0.4) is 0 Å². The number of hydrogen-bond acceptors (Lipinski definition) is 7. The van der Waals surface area contributed by atoms with Crippen molar-refractivity contribution in [2.24, 2.45) is 0 Å². The molecule has 2 heterocycles. The lowest BCUT2D eigenvalue weighted by molar-refractivity contribution is -0.146. The zero-order chi connectivity index (χ0) is 14.5. The largest absolute Gasteiger partial charge is 0.497 e. The minimum atomic E-state index is -0.447. The summed E-state index contributed by atoms with van der Waals surface area (Å²) in [5, 5.41) is 3.79. The van der Waals surface area contributed by atoms with Gasteiger partial charge >= 0.3 is 5.97 Å². The summed E-state index contributed by atoms with van der Waals surface area (Å²) in [4.78, 5) is 19.6. The number of carbonyl (C=O) groups is 1. The molecule has 0 fully saturated rings. The van der Waals surface area contributed by atoms with Crippen LogP contribution in [0.25, 0.3) is 0 Å². The van der Waals surface area contributed by atoms with E-state index in [2.05, 4.69) is 15.1 Å². The van der Waals surface area contributed by atoms with Crippen molar-refractivity contribution < 1.29 is 14.3 Å². The van der Waals surface area contributed by atoms with E-state index in [1.165, 1.54) is 11.0 Å². The normalized spacial score (nSPS) is 10.3. The van der Waals surface area contributed by atoms with Crippen LogP contribution in [0.2, 0.25) is 0 Å². The Balaban J connectivity index is 1.91. The first-order valence-electron chi connectivity index (χ1n) is 5.89. The number of hydrogen-bond donors (Lipinski definition) is 1. The lowest BCUT2D eigenvalue weighted by Crippen LogP contribution is -2.14. The van der Waals surface area contributed by atoms with Crippen molar-refractivity contribution in [1.82, 2.24) is 19.7 Å². The Morgan fingerprint density at radius 2 is 2.25 bits per heavy atom. The molecule has 106 valence electrons. The SMILES string of the molecule is COc1cc(C)nc(COC(=O)Cn2cnc(N)n2)c1. The van der Waals surface area contributed by atoms with E-state index < -0.39 is 5.97 Å². The number of carbonyl (C=O) groups excluding carboxylic acids is 1. The number of aromatic nitrogens is 4. The topological polar surface area (TPSA) is 105 Å². The molecule has 8 nitrogen and oxygen atoms in total. The van der Waals surface area contributed by atoms with E-state index in [1.807, 2.05) is 6.92 Å². The summed E-state index contributed by atoms with van der Waals surface area (Å²) in [6.45, 7) is 1.86. The minimum Gasteiger partial charge on any atom is -0.497 e. The van der Waals surface area contributed by atoms with Crippen LogP contribution in [-0.2, 0) is 22.7 Å². The second kappa shape index (κ2) is 6.00. The van der Waals surface area contributed by atoms with Gasteiger partial charge in [0.25, 0.3) is 0 Å². The molecule has 0 aliphatic heterocycles. The maximum Gasteiger partial charge on any atom is 0.328 e. The number of ether oxygens (including phenoxy) is 2.